The predicted octanol–water partition coefficient (Wildman–Crippen LogP) is 0.811. The van der Waals surface area contributed by atoms with Gasteiger partial charge in [-0.05, 0) is 19.0 Å². The lowest BCUT2D eigenvalue weighted by molar-refractivity contribution is 0.153. The lowest BCUT2D eigenvalue weighted by Gasteiger charge is -2.16. The molecule has 0 spiro atoms. The van der Waals surface area contributed by atoms with Crippen molar-refractivity contribution in [2.75, 3.05) is 13.3 Å². The number of hydrogen-bond acceptors (Lipinski definition) is 4. The number of para-hydroxylation sites is 1. The Bertz CT molecular complexity index is 380. The summed E-state index contributed by atoms with van der Waals surface area (Å²) in [5.74, 6) is 1.55. The second-order valence-corrected chi connectivity index (χ2v) is 3.87. The number of aliphatic hydroxyl groups excluding tert-OH is 1. The zero-order chi connectivity index (χ0) is 10.3. The fourth-order valence-electron chi connectivity index (χ4n) is 2.20. The van der Waals surface area contributed by atoms with Crippen LogP contribution in [0.25, 0.3) is 0 Å². The zero-order valence-electron chi connectivity index (χ0n) is 8.27. The molecule has 15 heavy (non-hydrogen) atoms. The van der Waals surface area contributed by atoms with Gasteiger partial charge in [0, 0.05) is 5.56 Å². The fraction of sp³-hybridized carbons (Fsp3) is 0.455. The van der Waals surface area contributed by atoms with E-state index in [1.165, 1.54) is 0 Å². The molecule has 0 saturated carbocycles. The van der Waals surface area contributed by atoms with Crippen LogP contribution in [-0.2, 0) is 0 Å². The van der Waals surface area contributed by atoms with Gasteiger partial charge in [0.15, 0.2) is 11.5 Å². The van der Waals surface area contributed by atoms with Crippen LogP contribution in [0.5, 0.6) is 11.5 Å². The third-order valence-corrected chi connectivity index (χ3v) is 2.95. The van der Waals surface area contributed by atoms with E-state index in [1.54, 1.807) is 0 Å². The van der Waals surface area contributed by atoms with Gasteiger partial charge in [0.2, 0.25) is 6.79 Å². The third kappa shape index (κ3) is 1.37. The van der Waals surface area contributed by atoms with Crippen molar-refractivity contribution in [3.8, 4) is 11.5 Å². The molecule has 2 N–H and O–H groups in total. The SMILES string of the molecule is OC1CCNC1c1cccc2c1OCO2. The molecule has 1 aromatic carbocycles. The largest absolute Gasteiger partial charge is 0.454 e. The van der Waals surface area contributed by atoms with Crippen LogP contribution in [0.3, 0.4) is 0 Å². The molecule has 2 unspecified atom stereocenters. The van der Waals surface area contributed by atoms with Crippen LogP contribution in [0, 0.1) is 0 Å². The fourth-order valence-corrected chi connectivity index (χ4v) is 2.20. The van der Waals surface area contributed by atoms with E-state index in [0.717, 1.165) is 30.0 Å². The van der Waals surface area contributed by atoms with E-state index >= 15 is 0 Å². The Morgan fingerprint density at radius 2 is 2.27 bits per heavy atom. The van der Waals surface area contributed by atoms with Crippen LogP contribution in [0.1, 0.15) is 18.0 Å². The monoisotopic (exact) mass is 207 g/mol. The summed E-state index contributed by atoms with van der Waals surface area (Å²) in [5, 5.41) is 13.1. The van der Waals surface area contributed by atoms with Gasteiger partial charge in [-0.25, -0.2) is 0 Å². The average molecular weight is 207 g/mol. The molecule has 2 aliphatic heterocycles. The minimum atomic E-state index is -0.333. The first-order valence-corrected chi connectivity index (χ1v) is 5.16. The van der Waals surface area contributed by atoms with Gasteiger partial charge in [0.1, 0.15) is 0 Å². The molecule has 1 aromatic rings. The van der Waals surface area contributed by atoms with Crippen LogP contribution in [0.15, 0.2) is 18.2 Å². The normalized spacial score (nSPS) is 28.3. The number of fused-ring (bicyclic) bond motifs is 1. The summed E-state index contributed by atoms with van der Waals surface area (Å²) < 4.78 is 10.7. The van der Waals surface area contributed by atoms with Crippen molar-refractivity contribution in [3.05, 3.63) is 23.8 Å². The number of aliphatic hydroxyl groups is 1. The first-order chi connectivity index (χ1) is 7.36. The second kappa shape index (κ2) is 3.40. The summed E-state index contributed by atoms with van der Waals surface area (Å²) in [6, 6.07) is 5.75. The second-order valence-electron chi connectivity index (χ2n) is 3.87. The summed E-state index contributed by atoms with van der Waals surface area (Å²) in [7, 11) is 0. The highest BCUT2D eigenvalue weighted by molar-refractivity contribution is 5.50. The van der Waals surface area contributed by atoms with E-state index in [-0.39, 0.29) is 18.9 Å². The molecule has 2 heterocycles. The van der Waals surface area contributed by atoms with Gasteiger partial charge < -0.3 is 19.9 Å². The number of hydrogen-bond donors (Lipinski definition) is 2. The molecule has 4 nitrogen and oxygen atoms in total. The molecule has 80 valence electrons. The van der Waals surface area contributed by atoms with Gasteiger partial charge >= 0.3 is 0 Å². The van der Waals surface area contributed by atoms with Crippen LogP contribution in [-0.4, -0.2) is 24.5 Å². The maximum absolute atomic E-state index is 9.81. The predicted molar refractivity (Wildman–Crippen MR) is 53.9 cm³/mol. The van der Waals surface area contributed by atoms with E-state index in [1.807, 2.05) is 18.2 Å². The Morgan fingerprint density at radius 3 is 3.07 bits per heavy atom. The highest BCUT2D eigenvalue weighted by atomic mass is 16.7. The summed E-state index contributed by atoms with van der Waals surface area (Å²) in [6.45, 7) is 1.12. The molecule has 0 amide bonds. The van der Waals surface area contributed by atoms with Crippen molar-refractivity contribution < 1.29 is 14.6 Å². The Hall–Kier alpha value is -1.26. The lowest BCUT2D eigenvalue weighted by atomic mass is 10.0. The molecular weight excluding hydrogens is 194 g/mol. The van der Waals surface area contributed by atoms with Crippen molar-refractivity contribution in [1.82, 2.24) is 5.32 Å². The molecule has 0 aliphatic carbocycles. The first kappa shape index (κ1) is 9.00. The van der Waals surface area contributed by atoms with Crippen molar-refractivity contribution in [2.24, 2.45) is 0 Å². The molecule has 2 aliphatic rings. The smallest absolute Gasteiger partial charge is 0.231 e. The summed E-state index contributed by atoms with van der Waals surface area (Å²) >= 11 is 0. The van der Waals surface area contributed by atoms with Crippen LogP contribution in [0.4, 0.5) is 0 Å². The van der Waals surface area contributed by atoms with Gasteiger partial charge in [-0.3, -0.25) is 0 Å². The topological polar surface area (TPSA) is 50.7 Å². The highest BCUT2D eigenvalue weighted by Gasteiger charge is 2.31. The Kier molecular flexibility index (Phi) is 2.04. The van der Waals surface area contributed by atoms with E-state index < -0.39 is 0 Å². The summed E-state index contributed by atoms with van der Waals surface area (Å²) in [5.41, 5.74) is 0.995. The van der Waals surface area contributed by atoms with Gasteiger partial charge in [0.25, 0.3) is 0 Å². The molecule has 3 rings (SSSR count). The average Bonchev–Trinajstić information content (AvgIpc) is 2.85. The molecule has 1 fully saturated rings. The minimum Gasteiger partial charge on any atom is -0.454 e. The maximum Gasteiger partial charge on any atom is 0.231 e. The Morgan fingerprint density at radius 1 is 1.33 bits per heavy atom. The third-order valence-electron chi connectivity index (χ3n) is 2.95. The van der Waals surface area contributed by atoms with Crippen molar-refractivity contribution in [3.63, 3.8) is 0 Å². The molecule has 2 atom stereocenters. The summed E-state index contributed by atoms with van der Waals surface area (Å²) in [6.07, 6.45) is 0.454. The number of rotatable bonds is 1. The molecule has 1 saturated heterocycles. The standard InChI is InChI=1S/C11H13NO3/c13-8-4-5-12-10(8)7-2-1-3-9-11(7)15-6-14-9/h1-3,8,10,12-13H,4-6H2. The van der Waals surface area contributed by atoms with E-state index in [9.17, 15) is 5.11 Å². The number of nitrogens with one attached hydrogen (secondary N) is 1. The van der Waals surface area contributed by atoms with E-state index in [2.05, 4.69) is 5.32 Å². The highest BCUT2D eigenvalue weighted by Crippen LogP contribution is 2.40. The number of benzene rings is 1. The van der Waals surface area contributed by atoms with Crippen molar-refractivity contribution >= 4 is 0 Å². The van der Waals surface area contributed by atoms with Crippen LogP contribution < -0.4 is 14.8 Å². The minimum absolute atomic E-state index is 0.0263. The Balaban J connectivity index is 2.01. The molecular formula is C11H13NO3. The van der Waals surface area contributed by atoms with Crippen molar-refractivity contribution in [2.45, 2.75) is 18.6 Å². The maximum atomic E-state index is 9.81. The zero-order valence-corrected chi connectivity index (χ0v) is 8.27. The van der Waals surface area contributed by atoms with Crippen LogP contribution >= 0.6 is 0 Å². The van der Waals surface area contributed by atoms with E-state index in [4.69, 9.17) is 9.47 Å². The lowest BCUT2D eigenvalue weighted by Crippen LogP contribution is -2.21. The van der Waals surface area contributed by atoms with Crippen LogP contribution in [0.2, 0.25) is 0 Å². The quantitative estimate of drug-likeness (QED) is 0.715. The number of ether oxygens (including phenoxy) is 2. The van der Waals surface area contributed by atoms with Gasteiger partial charge in [-0.1, -0.05) is 12.1 Å². The summed E-state index contributed by atoms with van der Waals surface area (Å²) in [4.78, 5) is 0. The first-order valence-electron chi connectivity index (χ1n) is 5.16. The van der Waals surface area contributed by atoms with E-state index in [0.29, 0.717) is 0 Å². The molecule has 0 bridgehead atoms. The molecule has 4 heteroatoms. The van der Waals surface area contributed by atoms with Gasteiger partial charge in [-0.2, -0.15) is 0 Å². The molecule has 0 radical (unpaired) electrons. The van der Waals surface area contributed by atoms with Gasteiger partial charge in [-0.15, -0.1) is 0 Å². The molecule has 0 aromatic heterocycles. The van der Waals surface area contributed by atoms with Gasteiger partial charge in [0.05, 0.1) is 12.1 Å². The van der Waals surface area contributed by atoms with Crippen molar-refractivity contribution in [1.29, 1.82) is 0 Å². The Labute approximate surface area is 87.8 Å².